The lowest BCUT2D eigenvalue weighted by molar-refractivity contribution is 0.0593. The van der Waals surface area contributed by atoms with Gasteiger partial charge in [0.25, 0.3) is 0 Å². The van der Waals surface area contributed by atoms with Crippen LogP contribution in [-0.4, -0.2) is 23.0 Å². The minimum absolute atomic E-state index is 0.164. The van der Waals surface area contributed by atoms with Crippen LogP contribution in [0.15, 0.2) is 41.1 Å². The molecule has 1 aromatic heterocycles. The van der Waals surface area contributed by atoms with E-state index in [1.807, 2.05) is 24.3 Å². The van der Waals surface area contributed by atoms with Gasteiger partial charge in [0, 0.05) is 10.2 Å². The summed E-state index contributed by atoms with van der Waals surface area (Å²) in [6.45, 7) is 0. The van der Waals surface area contributed by atoms with E-state index in [4.69, 9.17) is 0 Å². The molecule has 0 radical (unpaired) electrons. The van der Waals surface area contributed by atoms with E-state index in [9.17, 15) is 4.79 Å². The van der Waals surface area contributed by atoms with Crippen LogP contribution in [-0.2, 0) is 4.74 Å². The molecule has 2 aromatic rings. The quantitative estimate of drug-likeness (QED) is 0.883. The van der Waals surface area contributed by atoms with Crippen LogP contribution in [0.2, 0.25) is 0 Å². The summed E-state index contributed by atoms with van der Waals surface area (Å²) in [7, 11) is 1.30. The summed E-state index contributed by atoms with van der Waals surface area (Å²) in [6, 6.07) is 7.59. The lowest BCUT2D eigenvalue weighted by atomic mass is 10.3. The van der Waals surface area contributed by atoms with Gasteiger partial charge < -0.3 is 10.1 Å². The second kappa shape index (κ2) is 5.59. The molecule has 0 aliphatic heterocycles. The predicted octanol–water partition coefficient (Wildman–Crippen LogP) is 2.77. The van der Waals surface area contributed by atoms with Gasteiger partial charge >= 0.3 is 5.97 Å². The number of carbonyl (C=O) groups is 1. The van der Waals surface area contributed by atoms with Crippen LogP contribution in [0.5, 0.6) is 0 Å². The molecule has 0 fully saturated rings. The highest BCUT2D eigenvalue weighted by Gasteiger charge is 2.08. The Labute approximate surface area is 112 Å². The van der Waals surface area contributed by atoms with Crippen LogP contribution < -0.4 is 5.32 Å². The van der Waals surface area contributed by atoms with Crippen LogP contribution in [0.4, 0.5) is 11.5 Å². The van der Waals surface area contributed by atoms with Crippen molar-refractivity contribution in [1.29, 1.82) is 0 Å². The molecule has 0 spiro atoms. The number of halogens is 1. The molecule has 92 valence electrons. The number of hydrogen-bond donors (Lipinski definition) is 1. The maximum Gasteiger partial charge on any atom is 0.358 e. The van der Waals surface area contributed by atoms with E-state index in [2.05, 4.69) is 36.0 Å². The molecule has 0 atom stereocenters. The lowest BCUT2D eigenvalue weighted by Gasteiger charge is -2.06. The molecule has 0 amide bonds. The first-order valence-corrected chi connectivity index (χ1v) is 5.91. The smallest absolute Gasteiger partial charge is 0.358 e. The van der Waals surface area contributed by atoms with Crippen LogP contribution in [0.1, 0.15) is 10.5 Å². The number of nitrogens with zero attached hydrogens (tertiary/aromatic N) is 2. The Kier molecular flexibility index (Phi) is 3.88. The van der Waals surface area contributed by atoms with Crippen LogP contribution in [0, 0.1) is 0 Å². The Hall–Kier alpha value is -1.95. The van der Waals surface area contributed by atoms with Gasteiger partial charge in [-0.25, -0.2) is 9.78 Å². The first-order valence-electron chi connectivity index (χ1n) is 5.12. The van der Waals surface area contributed by atoms with Crippen LogP contribution in [0.3, 0.4) is 0 Å². The van der Waals surface area contributed by atoms with E-state index >= 15 is 0 Å². The number of hydrogen-bond acceptors (Lipinski definition) is 5. The fraction of sp³-hybridized carbons (Fsp3) is 0.0833. The van der Waals surface area contributed by atoms with Gasteiger partial charge in [-0.2, -0.15) is 0 Å². The number of ether oxygens (including phenoxy) is 1. The molecule has 0 saturated heterocycles. The highest BCUT2D eigenvalue weighted by molar-refractivity contribution is 9.10. The molecule has 18 heavy (non-hydrogen) atoms. The largest absolute Gasteiger partial charge is 0.464 e. The van der Waals surface area contributed by atoms with Crippen molar-refractivity contribution >= 4 is 33.4 Å². The van der Waals surface area contributed by atoms with E-state index < -0.39 is 5.97 Å². The molecular weight excluding hydrogens is 298 g/mol. The molecule has 1 heterocycles. The first-order chi connectivity index (χ1) is 8.69. The summed E-state index contributed by atoms with van der Waals surface area (Å²) < 4.78 is 5.53. The molecule has 0 bridgehead atoms. The number of anilines is 2. The summed E-state index contributed by atoms with van der Waals surface area (Å²) in [5.41, 5.74) is 1.01. The number of esters is 1. The predicted molar refractivity (Wildman–Crippen MR) is 70.8 cm³/mol. The van der Waals surface area contributed by atoms with E-state index in [0.29, 0.717) is 5.82 Å². The van der Waals surface area contributed by atoms with Crippen molar-refractivity contribution in [2.24, 2.45) is 0 Å². The standard InChI is InChI=1S/C12H10BrN3O2/c1-18-12(17)10-6-14-7-11(16-10)15-9-4-2-3-8(13)5-9/h2-7H,1H3,(H,15,16). The van der Waals surface area contributed by atoms with Crippen molar-refractivity contribution in [3.63, 3.8) is 0 Å². The molecule has 6 heteroatoms. The van der Waals surface area contributed by atoms with Crippen molar-refractivity contribution in [2.45, 2.75) is 0 Å². The maximum absolute atomic E-state index is 11.3. The van der Waals surface area contributed by atoms with Crippen molar-refractivity contribution in [3.05, 3.63) is 46.8 Å². The van der Waals surface area contributed by atoms with Crippen LogP contribution >= 0.6 is 15.9 Å². The minimum atomic E-state index is -0.514. The third-order valence-electron chi connectivity index (χ3n) is 2.13. The fourth-order valence-corrected chi connectivity index (χ4v) is 1.74. The van der Waals surface area contributed by atoms with Gasteiger partial charge in [-0.1, -0.05) is 22.0 Å². The van der Waals surface area contributed by atoms with E-state index in [-0.39, 0.29) is 5.69 Å². The first kappa shape index (κ1) is 12.5. The Bertz CT molecular complexity index is 575. The van der Waals surface area contributed by atoms with Crippen molar-refractivity contribution in [1.82, 2.24) is 9.97 Å². The van der Waals surface area contributed by atoms with Crippen molar-refractivity contribution < 1.29 is 9.53 Å². The second-order valence-corrected chi connectivity index (χ2v) is 4.33. The van der Waals surface area contributed by atoms with Gasteiger partial charge in [-0.15, -0.1) is 0 Å². The lowest BCUT2D eigenvalue weighted by Crippen LogP contribution is -2.06. The Balaban J connectivity index is 2.22. The van der Waals surface area contributed by atoms with Gasteiger partial charge in [-0.3, -0.25) is 4.98 Å². The van der Waals surface area contributed by atoms with Gasteiger partial charge in [0.1, 0.15) is 5.82 Å². The van der Waals surface area contributed by atoms with Gasteiger partial charge in [0.2, 0.25) is 0 Å². The second-order valence-electron chi connectivity index (χ2n) is 3.42. The SMILES string of the molecule is COC(=O)c1cncc(Nc2cccc(Br)c2)n1. The van der Waals surface area contributed by atoms with E-state index in [1.165, 1.54) is 19.5 Å². The van der Waals surface area contributed by atoms with Crippen molar-refractivity contribution in [3.8, 4) is 0 Å². The summed E-state index contributed by atoms with van der Waals surface area (Å²) in [6.07, 6.45) is 2.89. The van der Waals surface area contributed by atoms with E-state index in [1.54, 1.807) is 0 Å². The number of benzene rings is 1. The zero-order valence-corrected chi connectivity index (χ0v) is 11.1. The third kappa shape index (κ3) is 3.04. The Morgan fingerprint density at radius 3 is 2.94 bits per heavy atom. The zero-order chi connectivity index (χ0) is 13.0. The third-order valence-corrected chi connectivity index (χ3v) is 2.62. The van der Waals surface area contributed by atoms with Gasteiger partial charge in [0.05, 0.1) is 19.5 Å². The summed E-state index contributed by atoms with van der Waals surface area (Å²) in [5.74, 6) is -0.0311. The highest BCUT2D eigenvalue weighted by atomic mass is 79.9. The minimum Gasteiger partial charge on any atom is -0.464 e. The molecule has 0 saturated carbocycles. The maximum atomic E-state index is 11.3. The molecule has 5 nitrogen and oxygen atoms in total. The molecule has 0 aliphatic rings. The monoisotopic (exact) mass is 307 g/mol. The topological polar surface area (TPSA) is 64.1 Å². The average molecular weight is 308 g/mol. The zero-order valence-electron chi connectivity index (χ0n) is 9.55. The fourth-order valence-electron chi connectivity index (χ4n) is 1.34. The Morgan fingerprint density at radius 2 is 2.22 bits per heavy atom. The van der Waals surface area contributed by atoms with Crippen LogP contribution in [0.25, 0.3) is 0 Å². The molecule has 1 aromatic carbocycles. The van der Waals surface area contributed by atoms with Gasteiger partial charge in [0.15, 0.2) is 5.69 Å². The molecule has 2 rings (SSSR count). The number of nitrogens with one attached hydrogen (secondary N) is 1. The van der Waals surface area contributed by atoms with E-state index in [0.717, 1.165) is 10.2 Å². The summed E-state index contributed by atoms with van der Waals surface area (Å²) in [4.78, 5) is 19.4. The number of carbonyl (C=O) groups excluding carboxylic acids is 1. The summed E-state index contributed by atoms with van der Waals surface area (Å²) in [5, 5.41) is 3.05. The number of rotatable bonds is 3. The summed E-state index contributed by atoms with van der Waals surface area (Å²) >= 11 is 3.37. The molecule has 0 aliphatic carbocycles. The highest BCUT2D eigenvalue weighted by Crippen LogP contribution is 2.18. The van der Waals surface area contributed by atoms with Crippen molar-refractivity contribution in [2.75, 3.05) is 12.4 Å². The van der Waals surface area contributed by atoms with Gasteiger partial charge in [-0.05, 0) is 18.2 Å². The average Bonchev–Trinajstić information content (AvgIpc) is 2.38. The normalized spacial score (nSPS) is 9.89. The molecular formula is C12H10BrN3O2. The molecule has 1 N–H and O–H groups in total. The Morgan fingerprint density at radius 1 is 1.39 bits per heavy atom. The number of methoxy groups -OCH3 is 1. The number of aromatic nitrogens is 2. The molecule has 0 unspecified atom stereocenters.